The minimum absolute atomic E-state index is 0.115. The Labute approximate surface area is 208 Å². The number of aryl methyl sites for hydroxylation is 1. The number of nitrogens with two attached hydrogens (primary N) is 1. The fraction of sp³-hybridized carbons (Fsp3) is 0.160. The lowest BCUT2D eigenvalue weighted by atomic mass is 9.98. The van der Waals surface area contributed by atoms with E-state index in [9.17, 15) is 27.9 Å². The van der Waals surface area contributed by atoms with E-state index < -0.39 is 29.7 Å². The molecule has 37 heavy (non-hydrogen) atoms. The first-order valence-electron chi connectivity index (χ1n) is 10.9. The summed E-state index contributed by atoms with van der Waals surface area (Å²) >= 11 is 0. The van der Waals surface area contributed by atoms with Crippen LogP contribution < -0.4 is 5.73 Å². The third kappa shape index (κ3) is 4.60. The maximum absolute atomic E-state index is 13.1. The second-order valence-corrected chi connectivity index (χ2v) is 8.23. The Morgan fingerprint density at radius 3 is 2.41 bits per heavy atom. The highest BCUT2D eigenvalue weighted by molar-refractivity contribution is 6.01. The van der Waals surface area contributed by atoms with Crippen LogP contribution in [0.2, 0.25) is 0 Å². The van der Waals surface area contributed by atoms with Crippen LogP contribution in [0.5, 0.6) is 0 Å². The van der Waals surface area contributed by atoms with Crippen molar-refractivity contribution in [2.75, 3.05) is 0 Å². The third-order valence-corrected chi connectivity index (χ3v) is 5.94. The number of nitrogens with zero attached hydrogens (tertiary/aromatic N) is 4. The number of rotatable bonds is 7. The number of pyridine rings is 1. The minimum Gasteiger partial charge on any atom is -0.476 e. The van der Waals surface area contributed by atoms with Gasteiger partial charge in [0.2, 0.25) is 0 Å². The van der Waals surface area contributed by atoms with E-state index in [1.54, 1.807) is 43.5 Å². The molecule has 0 fully saturated rings. The predicted octanol–water partition coefficient (Wildman–Crippen LogP) is 4.38. The van der Waals surface area contributed by atoms with Gasteiger partial charge in [0.15, 0.2) is 11.5 Å². The largest absolute Gasteiger partial charge is 0.476 e. The van der Waals surface area contributed by atoms with Gasteiger partial charge in [-0.25, -0.2) is 9.78 Å². The molecule has 4 rings (SSSR count). The van der Waals surface area contributed by atoms with Crippen molar-refractivity contribution in [2.45, 2.75) is 26.1 Å². The molecule has 4 aromatic rings. The summed E-state index contributed by atoms with van der Waals surface area (Å²) in [5.74, 6) is -3.71. The number of hydrogen-bond acceptors (Lipinski definition) is 5. The number of ketones is 1. The summed E-state index contributed by atoms with van der Waals surface area (Å²) in [5, 5.41) is 17.8. The predicted molar refractivity (Wildman–Crippen MR) is 128 cm³/mol. The van der Waals surface area contributed by atoms with E-state index in [1.165, 1.54) is 23.8 Å². The molecule has 0 aliphatic heterocycles. The van der Waals surface area contributed by atoms with Crippen molar-refractivity contribution < 1.29 is 27.9 Å². The first kappa shape index (κ1) is 25.4. The molecular weight excluding hydrogens is 489 g/mol. The topological polar surface area (TPSA) is 140 Å². The quantitative estimate of drug-likeness (QED) is 0.192. The number of aromatic nitrogens is 4. The number of carboxylic acid groups (broad SMARTS) is 1. The van der Waals surface area contributed by atoms with Gasteiger partial charge in [0.1, 0.15) is 11.7 Å². The molecule has 0 saturated carbocycles. The van der Waals surface area contributed by atoms with Gasteiger partial charge in [0.25, 0.3) is 5.78 Å². The average Bonchev–Trinajstić information content (AvgIpc) is 3.47. The van der Waals surface area contributed by atoms with Gasteiger partial charge in [-0.15, -0.1) is 0 Å². The van der Waals surface area contributed by atoms with Crippen molar-refractivity contribution in [3.8, 4) is 16.9 Å². The first-order chi connectivity index (χ1) is 17.4. The summed E-state index contributed by atoms with van der Waals surface area (Å²) in [7, 11) is 0. The summed E-state index contributed by atoms with van der Waals surface area (Å²) in [6.45, 7) is 3.26. The molecule has 9 nitrogen and oxygen atoms in total. The summed E-state index contributed by atoms with van der Waals surface area (Å²) in [6.07, 6.45) is -0.858. The Morgan fingerprint density at radius 2 is 1.81 bits per heavy atom. The lowest BCUT2D eigenvalue weighted by Crippen LogP contribution is -2.25. The highest BCUT2D eigenvalue weighted by Crippen LogP contribution is 2.31. The molecule has 0 amide bonds. The lowest BCUT2D eigenvalue weighted by Gasteiger charge is -2.19. The van der Waals surface area contributed by atoms with Crippen LogP contribution >= 0.6 is 0 Å². The first-order valence-corrected chi connectivity index (χ1v) is 10.9. The molecule has 0 bridgehead atoms. The van der Waals surface area contributed by atoms with Gasteiger partial charge in [-0.2, -0.15) is 13.2 Å². The zero-order chi connectivity index (χ0) is 27.1. The Balaban J connectivity index is 1.77. The van der Waals surface area contributed by atoms with E-state index in [1.807, 2.05) is 0 Å². The number of imidazole rings is 1. The van der Waals surface area contributed by atoms with Crippen LogP contribution in [0.15, 0.2) is 61.1 Å². The number of carbonyl (C=O) groups is 2. The summed E-state index contributed by atoms with van der Waals surface area (Å²) in [4.78, 5) is 32.5. The van der Waals surface area contributed by atoms with Gasteiger partial charge >= 0.3 is 12.1 Å². The third-order valence-electron chi connectivity index (χ3n) is 5.94. The van der Waals surface area contributed by atoms with Crippen molar-refractivity contribution in [3.63, 3.8) is 0 Å². The maximum atomic E-state index is 13.1. The summed E-state index contributed by atoms with van der Waals surface area (Å²) in [6, 6.07) is 10.3. The number of nitrogens with one attached hydrogen (secondary N) is 1. The molecular formula is C25H21F3N6O3. The molecule has 190 valence electrons. The number of halogens is 3. The zero-order valence-electron chi connectivity index (χ0n) is 19.6. The SMILES string of the molecule is Cc1nc(-n2cccc2C(=O)C(F)(F)F)c(C(=O)O)n1C(C)c1ccc(-c2cnccc2C(=N)N)cc1. The molecule has 0 radical (unpaired) electrons. The van der Waals surface area contributed by atoms with Crippen molar-refractivity contribution in [1.29, 1.82) is 5.41 Å². The van der Waals surface area contributed by atoms with E-state index >= 15 is 0 Å². The van der Waals surface area contributed by atoms with Crippen LogP contribution in [-0.4, -0.2) is 48.0 Å². The molecule has 1 unspecified atom stereocenters. The van der Waals surface area contributed by atoms with Gasteiger partial charge < -0.3 is 15.4 Å². The van der Waals surface area contributed by atoms with Crippen LogP contribution in [0.4, 0.5) is 13.2 Å². The van der Waals surface area contributed by atoms with Gasteiger partial charge in [-0.1, -0.05) is 24.3 Å². The molecule has 3 aromatic heterocycles. The molecule has 0 aliphatic rings. The van der Waals surface area contributed by atoms with Crippen molar-refractivity contribution in [1.82, 2.24) is 19.1 Å². The fourth-order valence-electron chi connectivity index (χ4n) is 4.22. The van der Waals surface area contributed by atoms with Crippen LogP contribution in [0, 0.1) is 12.3 Å². The second kappa shape index (κ2) is 9.37. The van der Waals surface area contributed by atoms with Crippen LogP contribution in [0.1, 0.15) is 50.9 Å². The van der Waals surface area contributed by atoms with Gasteiger partial charge in [0.05, 0.1) is 11.7 Å². The number of carboxylic acids is 1. The Hall–Kier alpha value is -4.74. The second-order valence-electron chi connectivity index (χ2n) is 8.23. The Morgan fingerprint density at radius 1 is 1.14 bits per heavy atom. The van der Waals surface area contributed by atoms with E-state index in [-0.39, 0.29) is 23.2 Å². The average molecular weight is 510 g/mol. The smallest absolute Gasteiger partial charge is 0.456 e. The molecule has 0 spiro atoms. The molecule has 4 N–H and O–H groups in total. The molecule has 1 atom stereocenters. The van der Waals surface area contributed by atoms with Crippen molar-refractivity contribution in [3.05, 3.63) is 89.4 Å². The highest BCUT2D eigenvalue weighted by atomic mass is 19.4. The highest BCUT2D eigenvalue weighted by Gasteiger charge is 2.41. The van der Waals surface area contributed by atoms with E-state index in [0.29, 0.717) is 16.7 Å². The number of benzene rings is 1. The van der Waals surface area contributed by atoms with Gasteiger partial charge in [0, 0.05) is 29.7 Å². The van der Waals surface area contributed by atoms with Crippen LogP contribution in [-0.2, 0) is 0 Å². The number of carbonyl (C=O) groups excluding carboxylic acids is 1. The van der Waals surface area contributed by atoms with E-state index in [2.05, 4.69) is 9.97 Å². The maximum Gasteiger partial charge on any atom is 0.456 e. The zero-order valence-corrected chi connectivity index (χ0v) is 19.6. The molecule has 0 saturated heterocycles. The van der Waals surface area contributed by atoms with Crippen molar-refractivity contribution in [2.24, 2.45) is 5.73 Å². The van der Waals surface area contributed by atoms with E-state index in [4.69, 9.17) is 11.1 Å². The summed E-state index contributed by atoms with van der Waals surface area (Å²) < 4.78 is 41.5. The van der Waals surface area contributed by atoms with Gasteiger partial charge in [-0.05, 0) is 43.2 Å². The number of aromatic carboxylic acids is 1. The molecule has 12 heteroatoms. The number of nitrogen functional groups attached to an aromatic ring is 1. The number of alkyl halides is 3. The monoisotopic (exact) mass is 510 g/mol. The van der Waals surface area contributed by atoms with Crippen LogP contribution in [0.25, 0.3) is 16.9 Å². The van der Waals surface area contributed by atoms with Gasteiger partial charge in [-0.3, -0.25) is 19.8 Å². The standard InChI is InChI=1S/C25H21F3N6O3/c1-13(15-5-7-16(8-6-15)18-12-31-10-9-17(18)22(29)30)34-14(2)32-23(20(34)24(36)37)33-11-3-4-19(33)21(35)25(26,27)28/h3-13H,1-2H3,(H3,29,30)(H,36,37). The normalized spacial score (nSPS) is 12.4. The Kier molecular flexibility index (Phi) is 6.42. The lowest BCUT2D eigenvalue weighted by molar-refractivity contribution is -0.0889. The minimum atomic E-state index is -5.14. The van der Waals surface area contributed by atoms with Crippen LogP contribution in [0.3, 0.4) is 0 Å². The fourth-order valence-corrected chi connectivity index (χ4v) is 4.22. The molecule has 3 heterocycles. The van der Waals surface area contributed by atoms with E-state index in [0.717, 1.165) is 22.4 Å². The summed E-state index contributed by atoms with van der Waals surface area (Å²) in [5.41, 5.74) is 7.14. The number of hydrogen-bond donors (Lipinski definition) is 3. The Bertz CT molecular complexity index is 1520. The number of Topliss-reactive ketones (excluding diaryl/α,β-unsaturated/α-hetero) is 1. The number of amidine groups is 1. The van der Waals surface area contributed by atoms with Crippen molar-refractivity contribution >= 4 is 17.6 Å². The molecule has 0 aliphatic carbocycles. The molecule has 1 aromatic carbocycles.